The van der Waals surface area contributed by atoms with Gasteiger partial charge in [0.05, 0.1) is 11.5 Å². The lowest BCUT2D eigenvalue weighted by atomic mass is 10.2. The number of hydrogen-bond donors (Lipinski definition) is 1. The number of ether oxygens (including phenoxy) is 1. The SMILES string of the molecule is O=C(COc1cccc(Cl)c1)NC1CCS(=O)(=O)C1. The Balaban J connectivity index is 1.79. The Kier molecular flexibility index (Phi) is 4.31. The van der Waals surface area contributed by atoms with E-state index in [1.165, 1.54) is 0 Å². The van der Waals surface area contributed by atoms with Gasteiger partial charge in [-0.15, -0.1) is 0 Å². The van der Waals surface area contributed by atoms with Crippen molar-refractivity contribution in [2.24, 2.45) is 0 Å². The molecule has 1 saturated heterocycles. The number of rotatable bonds is 4. The van der Waals surface area contributed by atoms with Gasteiger partial charge in [-0.2, -0.15) is 0 Å². The standard InChI is InChI=1S/C12H14ClNO4S/c13-9-2-1-3-11(6-9)18-7-12(15)14-10-4-5-19(16,17)8-10/h1-3,6,10H,4-5,7-8H2,(H,14,15). The first-order valence-electron chi connectivity index (χ1n) is 5.83. The van der Waals surface area contributed by atoms with Crippen molar-refractivity contribution in [3.05, 3.63) is 29.3 Å². The van der Waals surface area contributed by atoms with E-state index in [0.29, 0.717) is 17.2 Å². The molecule has 0 saturated carbocycles. The van der Waals surface area contributed by atoms with E-state index in [-0.39, 0.29) is 30.1 Å². The van der Waals surface area contributed by atoms with Gasteiger partial charge in [0.2, 0.25) is 0 Å². The molecule has 1 atom stereocenters. The number of carbonyl (C=O) groups is 1. The van der Waals surface area contributed by atoms with Crippen molar-refractivity contribution in [2.75, 3.05) is 18.1 Å². The van der Waals surface area contributed by atoms with E-state index >= 15 is 0 Å². The third-order valence-corrected chi connectivity index (χ3v) is 4.77. The first-order chi connectivity index (χ1) is 8.94. The summed E-state index contributed by atoms with van der Waals surface area (Å²) >= 11 is 5.78. The molecule has 19 heavy (non-hydrogen) atoms. The molecule has 1 aromatic rings. The molecule has 7 heteroatoms. The highest BCUT2D eigenvalue weighted by atomic mass is 35.5. The van der Waals surface area contributed by atoms with Gasteiger partial charge in [0, 0.05) is 11.1 Å². The van der Waals surface area contributed by atoms with Gasteiger partial charge in [-0.05, 0) is 24.6 Å². The van der Waals surface area contributed by atoms with Crippen LogP contribution < -0.4 is 10.1 Å². The lowest BCUT2D eigenvalue weighted by molar-refractivity contribution is -0.123. The highest BCUT2D eigenvalue weighted by molar-refractivity contribution is 7.91. The molecule has 5 nitrogen and oxygen atoms in total. The summed E-state index contributed by atoms with van der Waals surface area (Å²) in [5.74, 6) is 0.312. The topological polar surface area (TPSA) is 72.5 Å². The molecule has 1 N–H and O–H groups in total. The summed E-state index contributed by atoms with van der Waals surface area (Å²) < 4.78 is 27.7. The lowest BCUT2D eigenvalue weighted by Crippen LogP contribution is -2.38. The largest absolute Gasteiger partial charge is 0.484 e. The molecule has 2 rings (SSSR count). The second-order valence-corrected chi connectivity index (χ2v) is 7.08. The molecule has 0 spiro atoms. The Morgan fingerprint density at radius 1 is 1.47 bits per heavy atom. The quantitative estimate of drug-likeness (QED) is 0.901. The second kappa shape index (κ2) is 5.79. The Bertz CT molecular complexity index is 573. The summed E-state index contributed by atoms with van der Waals surface area (Å²) in [6, 6.07) is 6.42. The maximum atomic E-state index is 11.6. The van der Waals surface area contributed by atoms with Crippen LogP contribution in [0.1, 0.15) is 6.42 Å². The van der Waals surface area contributed by atoms with Gasteiger partial charge in [0.15, 0.2) is 16.4 Å². The fourth-order valence-corrected chi connectivity index (χ4v) is 3.74. The highest BCUT2D eigenvalue weighted by Gasteiger charge is 2.28. The molecule has 1 unspecified atom stereocenters. The monoisotopic (exact) mass is 303 g/mol. The van der Waals surface area contributed by atoms with Gasteiger partial charge in [-0.3, -0.25) is 4.79 Å². The number of amides is 1. The van der Waals surface area contributed by atoms with Crippen molar-refractivity contribution >= 4 is 27.3 Å². The molecule has 1 aliphatic rings. The van der Waals surface area contributed by atoms with Crippen LogP contribution in [0.2, 0.25) is 5.02 Å². The maximum Gasteiger partial charge on any atom is 0.258 e. The summed E-state index contributed by atoms with van der Waals surface area (Å²) in [6.45, 7) is -0.156. The van der Waals surface area contributed by atoms with Crippen molar-refractivity contribution in [1.82, 2.24) is 5.32 Å². The van der Waals surface area contributed by atoms with Gasteiger partial charge in [0.1, 0.15) is 5.75 Å². The average Bonchev–Trinajstić information content (AvgIpc) is 2.66. The van der Waals surface area contributed by atoms with E-state index in [1.807, 2.05) is 0 Å². The number of halogens is 1. The minimum Gasteiger partial charge on any atom is -0.484 e. The van der Waals surface area contributed by atoms with Crippen LogP contribution in [0, 0.1) is 0 Å². The first-order valence-corrected chi connectivity index (χ1v) is 8.03. The number of carbonyl (C=O) groups excluding carboxylic acids is 1. The summed E-state index contributed by atoms with van der Waals surface area (Å²) in [6.07, 6.45) is 0.464. The molecule has 0 aromatic heterocycles. The van der Waals surface area contributed by atoms with Gasteiger partial charge in [-0.1, -0.05) is 17.7 Å². The summed E-state index contributed by atoms with van der Waals surface area (Å²) in [5, 5.41) is 3.17. The third-order valence-electron chi connectivity index (χ3n) is 2.76. The Hall–Kier alpha value is -1.27. The maximum absolute atomic E-state index is 11.6. The normalized spacial score (nSPS) is 21.0. The van der Waals surface area contributed by atoms with Crippen LogP contribution >= 0.6 is 11.6 Å². The molecule has 1 heterocycles. The van der Waals surface area contributed by atoms with E-state index in [0.717, 1.165) is 0 Å². The first kappa shape index (κ1) is 14.1. The van der Waals surface area contributed by atoms with Crippen molar-refractivity contribution in [3.8, 4) is 5.75 Å². The van der Waals surface area contributed by atoms with E-state index in [4.69, 9.17) is 16.3 Å². The van der Waals surface area contributed by atoms with E-state index < -0.39 is 9.84 Å². The fraction of sp³-hybridized carbons (Fsp3) is 0.417. The van der Waals surface area contributed by atoms with Crippen LogP contribution in [0.5, 0.6) is 5.75 Å². The van der Waals surface area contributed by atoms with E-state index in [1.54, 1.807) is 24.3 Å². The zero-order valence-corrected chi connectivity index (χ0v) is 11.7. The molecule has 104 valence electrons. The van der Waals surface area contributed by atoms with Crippen LogP contribution in [0.15, 0.2) is 24.3 Å². The fourth-order valence-electron chi connectivity index (χ4n) is 1.88. The Morgan fingerprint density at radius 2 is 2.26 bits per heavy atom. The van der Waals surface area contributed by atoms with Crippen molar-refractivity contribution in [1.29, 1.82) is 0 Å². The van der Waals surface area contributed by atoms with E-state index in [2.05, 4.69) is 5.32 Å². The van der Waals surface area contributed by atoms with Crippen molar-refractivity contribution in [2.45, 2.75) is 12.5 Å². The molecule has 0 radical (unpaired) electrons. The number of sulfone groups is 1. The van der Waals surface area contributed by atoms with Gasteiger partial charge >= 0.3 is 0 Å². The Labute approximate surface area is 116 Å². The number of nitrogens with one attached hydrogen (secondary N) is 1. The van der Waals surface area contributed by atoms with Crippen LogP contribution in [0.25, 0.3) is 0 Å². The summed E-state index contributed by atoms with van der Waals surface area (Å²) in [7, 11) is -2.99. The summed E-state index contributed by atoms with van der Waals surface area (Å²) in [4.78, 5) is 11.6. The van der Waals surface area contributed by atoms with Crippen molar-refractivity contribution in [3.63, 3.8) is 0 Å². The van der Waals surface area contributed by atoms with Crippen molar-refractivity contribution < 1.29 is 17.9 Å². The third kappa shape index (κ3) is 4.40. The molecule has 0 aliphatic carbocycles. The van der Waals surface area contributed by atoms with Gasteiger partial charge < -0.3 is 10.1 Å². The predicted molar refractivity (Wildman–Crippen MR) is 72.1 cm³/mol. The number of hydrogen-bond acceptors (Lipinski definition) is 4. The smallest absolute Gasteiger partial charge is 0.258 e. The van der Waals surface area contributed by atoms with Crippen LogP contribution in [0.4, 0.5) is 0 Å². The molecular formula is C12H14ClNO4S. The molecule has 1 fully saturated rings. The average molecular weight is 304 g/mol. The molecular weight excluding hydrogens is 290 g/mol. The Morgan fingerprint density at radius 3 is 2.89 bits per heavy atom. The predicted octanol–water partition coefficient (Wildman–Crippen LogP) is 1.02. The van der Waals surface area contributed by atoms with Crippen LogP contribution in [-0.2, 0) is 14.6 Å². The molecule has 1 aromatic carbocycles. The minimum atomic E-state index is -2.99. The lowest BCUT2D eigenvalue weighted by Gasteiger charge is -2.11. The molecule has 1 amide bonds. The minimum absolute atomic E-state index is 0.00983. The summed E-state index contributed by atoms with van der Waals surface area (Å²) in [5.41, 5.74) is 0. The zero-order chi connectivity index (χ0) is 13.9. The highest BCUT2D eigenvalue weighted by Crippen LogP contribution is 2.17. The number of benzene rings is 1. The van der Waals surface area contributed by atoms with Crippen LogP contribution in [-0.4, -0.2) is 38.5 Å². The van der Waals surface area contributed by atoms with Gasteiger partial charge in [0.25, 0.3) is 5.91 Å². The molecule has 0 bridgehead atoms. The molecule has 1 aliphatic heterocycles. The zero-order valence-electron chi connectivity index (χ0n) is 10.1. The van der Waals surface area contributed by atoms with Gasteiger partial charge in [-0.25, -0.2) is 8.42 Å². The second-order valence-electron chi connectivity index (χ2n) is 4.41. The van der Waals surface area contributed by atoms with Crippen LogP contribution in [0.3, 0.4) is 0 Å². The van der Waals surface area contributed by atoms with E-state index in [9.17, 15) is 13.2 Å².